The van der Waals surface area contributed by atoms with E-state index in [1.54, 1.807) is 11.3 Å². The van der Waals surface area contributed by atoms with E-state index in [1.165, 1.54) is 10.4 Å². The summed E-state index contributed by atoms with van der Waals surface area (Å²) in [6, 6.07) is 3.23. The van der Waals surface area contributed by atoms with E-state index in [0.29, 0.717) is 10.9 Å². The maximum atomic E-state index is 12.8. The first-order valence-corrected chi connectivity index (χ1v) is 10.1. The second kappa shape index (κ2) is 6.56. The molecule has 0 amide bonds. The van der Waals surface area contributed by atoms with Gasteiger partial charge in [0.15, 0.2) is 0 Å². The summed E-state index contributed by atoms with van der Waals surface area (Å²) in [4.78, 5) is 1.12. The van der Waals surface area contributed by atoms with Crippen LogP contribution in [0, 0.1) is 6.92 Å². The highest BCUT2D eigenvalue weighted by Crippen LogP contribution is 2.37. The van der Waals surface area contributed by atoms with Crippen LogP contribution in [0.2, 0.25) is 8.67 Å². The van der Waals surface area contributed by atoms with Gasteiger partial charge in [0.25, 0.3) is 0 Å². The highest BCUT2D eigenvalue weighted by Gasteiger charge is 2.31. The largest absolute Gasteiger partial charge is 0.246 e. The molecule has 21 heavy (non-hydrogen) atoms. The van der Waals surface area contributed by atoms with Crippen molar-refractivity contribution in [2.75, 3.05) is 0 Å². The molecule has 2 aromatic heterocycles. The van der Waals surface area contributed by atoms with Gasteiger partial charge < -0.3 is 0 Å². The van der Waals surface area contributed by atoms with Gasteiger partial charge in [0.2, 0.25) is 10.0 Å². The minimum absolute atomic E-state index is 0.0853. The molecule has 0 saturated heterocycles. The third-order valence-corrected chi connectivity index (χ3v) is 7.84. The molecule has 0 aliphatic heterocycles. The second-order valence-corrected chi connectivity index (χ2v) is 10.0. The van der Waals surface area contributed by atoms with E-state index in [2.05, 4.69) is 0 Å². The first-order valence-electron chi connectivity index (χ1n) is 6.23. The molecule has 0 saturated carbocycles. The lowest BCUT2D eigenvalue weighted by atomic mass is 10.3. The fraction of sp³-hybridized carbons (Fsp3) is 0.385. The molecule has 3 nitrogen and oxygen atoms in total. The van der Waals surface area contributed by atoms with Crippen LogP contribution in [-0.4, -0.2) is 18.8 Å². The van der Waals surface area contributed by atoms with E-state index < -0.39 is 10.0 Å². The van der Waals surface area contributed by atoms with Crippen molar-refractivity contribution in [1.82, 2.24) is 4.31 Å². The van der Waals surface area contributed by atoms with Crippen LogP contribution in [0.3, 0.4) is 0 Å². The maximum Gasteiger partial charge on any atom is 0.246 e. The van der Waals surface area contributed by atoms with E-state index in [9.17, 15) is 8.42 Å². The lowest BCUT2D eigenvalue weighted by Crippen LogP contribution is -2.36. The number of aryl methyl sites for hydroxylation is 1. The normalized spacial score (nSPS) is 12.5. The number of halogens is 2. The van der Waals surface area contributed by atoms with Gasteiger partial charge in [-0.1, -0.05) is 23.2 Å². The molecule has 116 valence electrons. The Morgan fingerprint density at radius 2 is 2.00 bits per heavy atom. The molecule has 0 aliphatic rings. The summed E-state index contributed by atoms with van der Waals surface area (Å²) >= 11 is 14.5. The summed E-state index contributed by atoms with van der Waals surface area (Å²) < 4.78 is 27.7. The molecule has 0 aliphatic carbocycles. The van der Waals surface area contributed by atoms with E-state index in [-0.39, 0.29) is 15.3 Å². The zero-order valence-corrected chi connectivity index (χ0v) is 15.7. The van der Waals surface area contributed by atoms with E-state index >= 15 is 0 Å². The Morgan fingerprint density at radius 3 is 2.43 bits per heavy atom. The average Bonchev–Trinajstić information content (AvgIpc) is 2.92. The lowest BCUT2D eigenvalue weighted by Gasteiger charge is -2.25. The molecule has 0 atom stereocenters. The van der Waals surface area contributed by atoms with Crippen molar-refractivity contribution in [1.29, 1.82) is 0 Å². The summed E-state index contributed by atoms with van der Waals surface area (Å²) in [6.45, 7) is 6.02. The van der Waals surface area contributed by atoms with Crippen molar-refractivity contribution in [3.8, 4) is 0 Å². The number of nitrogens with zero attached hydrogens (tertiary/aromatic N) is 1. The van der Waals surface area contributed by atoms with Crippen LogP contribution in [0.5, 0.6) is 0 Å². The standard InChI is InChI=1S/C13H15Cl2NO2S3/c1-8(2)16(7-10-9(3)4-5-19-10)21(17,18)11-6-12(14)20-13(11)15/h4-6,8H,7H2,1-3H3. The first-order chi connectivity index (χ1) is 9.73. The second-order valence-electron chi connectivity index (χ2n) is 4.86. The Bertz CT molecular complexity index is 734. The van der Waals surface area contributed by atoms with Gasteiger partial charge in [-0.05, 0) is 43.8 Å². The molecule has 0 unspecified atom stereocenters. The van der Waals surface area contributed by atoms with Crippen LogP contribution in [0.15, 0.2) is 22.4 Å². The highest BCUT2D eigenvalue weighted by atomic mass is 35.5. The number of hydrogen-bond acceptors (Lipinski definition) is 4. The van der Waals surface area contributed by atoms with Crippen LogP contribution in [0.25, 0.3) is 0 Å². The third-order valence-electron chi connectivity index (χ3n) is 3.06. The number of thiophene rings is 2. The molecular weight excluding hydrogens is 369 g/mol. The molecule has 0 N–H and O–H groups in total. The Labute approximate surface area is 143 Å². The van der Waals surface area contributed by atoms with Gasteiger partial charge in [0, 0.05) is 17.5 Å². The van der Waals surface area contributed by atoms with Gasteiger partial charge in [-0.2, -0.15) is 4.31 Å². The van der Waals surface area contributed by atoms with Crippen molar-refractivity contribution in [2.24, 2.45) is 0 Å². The fourth-order valence-corrected chi connectivity index (χ4v) is 6.59. The minimum atomic E-state index is -3.67. The van der Waals surface area contributed by atoms with Crippen molar-refractivity contribution in [2.45, 2.75) is 38.3 Å². The summed E-state index contributed by atoms with van der Waals surface area (Å²) in [6.07, 6.45) is 0. The molecular formula is C13H15Cl2NO2S3. The minimum Gasteiger partial charge on any atom is -0.207 e. The van der Waals surface area contributed by atoms with Gasteiger partial charge in [0.05, 0.1) is 4.34 Å². The molecule has 0 spiro atoms. The molecule has 0 radical (unpaired) electrons. The van der Waals surface area contributed by atoms with Gasteiger partial charge in [-0.3, -0.25) is 0 Å². The summed E-state index contributed by atoms with van der Waals surface area (Å²) in [5, 5.41) is 1.96. The zero-order chi connectivity index (χ0) is 15.8. The Balaban J connectivity index is 2.42. The highest BCUT2D eigenvalue weighted by molar-refractivity contribution is 7.89. The number of sulfonamides is 1. The smallest absolute Gasteiger partial charge is 0.207 e. The van der Waals surface area contributed by atoms with Crippen LogP contribution in [0.1, 0.15) is 24.3 Å². The molecule has 0 bridgehead atoms. The molecule has 0 fully saturated rings. The summed E-state index contributed by atoms with van der Waals surface area (Å²) in [5.74, 6) is 0. The zero-order valence-electron chi connectivity index (χ0n) is 11.8. The first kappa shape index (κ1) is 17.2. The monoisotopic (exact) mass is 383 g/mol. The van der Waals surface area contributed by atoms with Gasteiger partial charge in [-0.15, -0.1) is 22.7 Å². The summed E-state index contributed by atoms with van der Waals surface area (Å²) in [7, 11) is -3.67. The van der Waals surface area contributed by atoms with Gasteiger partial charge in [0.1, 0.15) is 9.23 Å². The maximum absolute atomic E-state index is 12.8. The molecule has 2 heterocycles. The van der Waals surface area contributed by atoms with Crippen LogP contribution in [0.4, 0.5) is 0 Å². The molecule has 2 rings (SSSR count). The Hall–Kier alpha value is -0.110. The molecule has 2 aromatic rings. The average molecular weight is 384 g/mol. The van der Waals surface area contributed by atoms with Crippen LogP contribution in [-0.2, 0) is 16.6 Å². The fourth-order valence-electron chi connectivity index (χ4n) is 1.88. The predicted molar refractivity (Wildman–Crippen MR) is 91.3 cm³/mol. The van der Waals surface area contributed by atoms with Gasteiger partial charge in [-0.25, -0.2) is 8.42 Å². The summed E-state index contributed by atoms with van der Waals surface area (Å²) in [5.41, 5.74) is 1.09. The van der Waals surface area contributed by atoms with Crippen molar-refractivity contribution in [3.05, 3.63) is 36.6 Å². The van der Waals surface area contributed by atoms with Crippen LogP contribution >= 0.6 is 45.9 Å². The number of hydrogen-bond donors (Lipinski definition) is 0. The third kappa shape index (κ3) is 3.63. The van der Waals surface area contributed by atoms with Crippen molar-refractivity contribution >= 4 is 55.9 Å². The van der Waals surface area contributed by atoms with Crippen molar-refractivity contribution in [3.63, 3.8) is 0 Å². The van der Waals surface area contributed by atoms with E-state index in [0.717, 1.165) is 21.8 Å². The van der Waals surface area contributed by atoms with Crippen LogP contribution < -0.4 is 0 Å². The number of rotatable bonds is 5. The quantitative estimate of drug-likeness (QED) is 0.726. The Kier molecular flexibility index (Phi) is 5.39. The predicted octanol–water partition coefficient (Wildman–Crippen LogP) is 5.02. The van der Waals surface area contributed by atoms with E-state index in [1.807, 2.05) is 32.2 Å². The van der Waals surface area contributed by atoms with Gasteiger partial charge >= 0.3 is 0 Å². The topological polar surface area (TPSA) is 37.4 Å². The van der Waals surface area contributed by atoms with E-state index in [4.69, 9.17) is 23.2 Å². The molecule has 0 aromatic carbocycles. The Morgan fingerprint density at radius 1 is 1.33 bits per heavy atom. The lowest BCUT2D eigenvalue weighted by molar-refractivity contribution is 0.350. The SMILES string of the molecule is Cc1ccsc1CN(C(C)C)S(=O)(=O)c1cc(Cl)sc1Cl. The van der Waals surface area contributed by atoms with Crippen molar-refractivity contribution < 1.29 is 8.42 Å². The molecule has 8 heteroatoms.